The first-order chi connectivity index (χ1) is 8.39. The summed E-state index contributed by atoms with van der Waals surface area (Å²) in [5.41, 5.74) is 0.943. The SMILES string of the molecule is CC(C)NCCS(=O)(=O)NCc1ccc(Br)cc1. The van der Waals surface area contributed by atoms with Gasteiger partial charge in [0.25, 0.3) is 0 Å². The van der Waals surface area contributed by atoms with Crippen molar-refractivity contribution in [1.82, 2.24) is 10.0 Å². The lowest BCUT2D eigenvalue weighted by atomic mass is 10.2. The Labute approximate surface area is 117 Å². The lowest BCUT2D eigenvalue weighted by Gasteiger charge is -2.09. The van der Waals surface area contributed by atoms with Crippen LogP contribution in [0.5, 0.6) is 0 Å². The van der Waals surface area contributed by atoms with E-state index in [1.54, 1.807) is 0 Å². The molecule has 1 aromatic rings. The quantitative estimate of drug-likeness (QED) is 0.800. The Hall–Kier alpha value is -0.430. The largest absolute Gasteiger partial charge is 0.313 e. The van der Waals surface area contributed by atoms with Gasteiger partial charge in [-0.15, -0.1) is 0 Å². The van der Waals surface area contributed by atoms with E-state index in [0.717, 1.165) is 10.0 Å². The van der Waals surface area contributed by atoms with Crippen molar-refractivity contribution in [1.29, 1.82) is 0 Å². The molecule has 0 bridgehead atoms. The van der Waals surface area contributed by atoms with Crippen molar-refractivity contribution in [3.05, 3.63) is 34.3 Å². The zero-order valence-electron chi connectivity index (χ0n) is 10.6. The highest BCUT2D eigenvalue weighted by molar-refractivity contribution is 9.10. The Morgan fingerprint density at radius 2 is 1.83 bits per heavy atom. The lowest BCUT2D eigenvalue weighted by Crippen LogP contribution is -2.34. The molecule has 0 aliphatic carbocycles. The van der Waals surface area contributed by atoms with Crippen LogP contribution < -0.4 is 10.0 Å². The van der Waals surface area contributed by atoms with Gasteiger partial charge in [0.1, 0.15) is 0 Å². The zero-order chi connectivity index (χ0) is 13.6. The summed E-state index contributed by atoms with van der Waals surface area (Å²) < 4.78 is 27.0. The maximum absolute atomic E-state index is 11.7. The lowest BCUT2D eigenvalue weighted by molar-refractivity contribution is 0.566. The van der Waals surface area contributed by atoms with Gasteiger partial charge in [-0.1, -0.05) is 41.9 Å². The molecular formula is C12H19BrN2O2S. The fourth-order valence-corrected chi connectivity index (χ4v) is 2.53. The fourth-order valence-electron chi connectivity index (χ4n) is 1.35. The molecule has 1 rings (SSSR count). The fraction of sp³-hybridized carbons (Fsp3) is 0.500. The van der Waals surface area contributed by atoms with Crippen molar-refractivity contribution in [2.45, 2.75) is 26.4 Å². The highest BCUT2D eigenvalue weighted by atomic mass is 79.9. The monoisotopic (exact) mass is 334 g/mol. The van der Waals surface area contributed by atoms with Gasteiger partial charge in [-0.25, -0.2) is 13.1 Å². The summed E-state index contributed by atoms with van der Waals surface area (Å²) in [4.78, 5) is 0. The molecule has 0 spiro atoms. The smallest absolute Gasteiger partial charge is 0.213 e. The van der Waals surface area contributed by atoms with Gasteiger partial charge in [0.05, 0.1) is 5.75 Å². The molecule has 4 nitrogen and oxygen atoms in total. The molecule has 0 radical (unpaired) electrons. The molecule has 0 aromatic heterocycles. The molecule has 2 N–H and O–H groups in total. The van der Waals surface area contributed by atoms with Crippen LogP contribution in [0.1, 0.15) is 19.4 Å². The Bertz CT molecular complexity index is 457. The number of nitrogens with one attached hydrogen (secondary N) is 2. The van der Waals surface area contributed by atoms with Crippen LogP contribution in [0.3, 0.4) is 0 Å². The summed E-state index contributed by atoms with van der Waals surface area (Å²) >= 11 is 3.34. The van der Waals surface area contributed by atoms with Crippen molar-refractivity contribution in [2.24, 2.45) is 0 Å². The maximum Gasteiger partial charge on any atom is 0.213 e. The van der Waals surface area contributed by atoms with Crippen LogP contribution in [0, 0.1) is 0 Å². The summed E-state index contributed by atoms with van der Waals surface area (Å²) in [6.07, 6.45) is 0. The number of hydrogen-bond donors (Lipinski definition) is 2. The topological polar surface area (TPSA) is 58.2 Å². The molecule has 0 amide bonds. The average molecular weight is 335 g/mol. The van der Waals surface area contributed by atoms with Crippen LogP contribution in [0.2, 0.25) is 0 Å². The normalized spacial score (nSPS) is 12.0. The molecule has 6 heteroatoms. The highest BCUT2D eigenvalue weighted by Gasteiger charge is 2.09. The van der Waals surface area contributed by atoms with Crippen molar-refractivity contribution in [3.8, 4) is 0 Å². The first-order valence-electron chi connectivity index (χ1n) is 5.84. The number of hydrogen-bond acceptors (Lipinski definition) is 3. The van der Waals surface area contributed by atoms with Crippen LogP contribution in [0.25, 0.3) is 0 Å². The van der Waals surface area contributed by atoms with Gasteiger partial charge < -0.3 is 5.32 Å². The van der Waals surface area contributed by atoms with E-state index in [1.807, 2.05) is 38.1 Å². The van der Waals surface area contributed by atoms with Gasteiger partial charge in [-0.3, -0.25) is 0 Å². The van der Waals surface area contributed by atoms with Crippen molar-refractivity contribution >= 4 is 26.0 Å². The van der Waals surface area contributed by atoms with Crippen LogP contribution in [0.4, 0.5) is 0 Å². The Morgan fingerprint density at radius 1 is 1.22 bits per heavy atom. The maximum atomic E-state index is 11.7. The summed E-state index contributed by atoms with van der Waals surface area (Å²) in [6, 6.07) is 7.86. The molecular weight excluding hydrogens is 316 g/mol. The molecule has 0 fully saturated rings. The summed E-state index contributed by atoms with van der Waals surface area (Å²) in [5.74, 6) is 0.0989. The molecule has 0 atom stereocenters. The van der Waals surface area contributed by atoms with Crippen LogP contribution in [-0.2, 0) is 16.6 Å². The Morgan fingerprint density at radius 3 is 2.39 bits per heavy atom. The third-order valence-electron chi connectivity index (χ3n) is 2.33. The predicted octanol–water partition coefficient (Wildman–Crippen LogP) is 1.87. The number of sulfonamides is 1. The first-order valence-corrected chi connectivity index (χ1v) is 8.29. The molecule has 0 aliphatic rings. The van der Waals surface area contributed by atoms with Crippen LogP contribution in [0.15, 0.2) is 28.7 Å². The Balaban J connectivity index is 2.39. The molecule has 0 unspecified atom stereocenters. The average Bonchev–Trinajstić information content (AvgIpc) is 2.27. The van der Waals surface area contributed by atoms with Gasteiger partial charge in [0.2, 0.25) is 10.0 Å². The van der Waals surface area contributed by atoms with Crippen molar-refractivity contribution < 1.29 is 8.42 Å². The molecule has 102 valence electrons. The number of rotatable bonds is 7. The van der Waals surface area contributed by atoms with Gasteiger partial charge in [0.15, 0.2) is 0 Å². The minimum atomic E-state index is -3.21. The number of benzene rings is 1. The predicted molar refractivity (Wildman–Crippen MR) is 77.9 cm³/mol. The minimum Gasteiger partial charge on any atom is -0.313 e. The van der Waals surface area contributed by atoms with Gasteiger partial charge in [-0.05, 0) is 17.7 Å². The molecule has 1 aromatic carbocycles. The van der Waals surface area contributed by atoms with E-state index in [1.165, 1.54) is 0 Å². The third-order valence-corrected chi connectivity index (χ3v) is 4.19. The summed E-state index contributed by atoms with van der Waals surface area (Å²) in [7, 11) is -3.21. The second kappa shape index (κ2) is 7.23. The molecule has 0 saturated carbocycles. The zero-order valence-corrected chi connectivity index (χ0v) is 13.0. The second-order valence-electron chi connectivity index (χ2n) is 4.38. The van der Waals surface area contributed by atoms with E-state index in [4.69, 9.17) is 0 Å². The van der Waals surface area contributed by atoms with E-state index < -0.39 is 10.0 Å². The van der Waals surface area contributed by atoms with Crippen molar-refractivity contribution in [3.63, 3.8) is 0 Å². The van der Waals surface area contributed by atoms with E-state index in [0.29, 0.717) is 19.1 Å². The van der Waals surface area contributed by atoms with E-state index in [-0.39, 0.29) is 5.75 Å². The van der Waals surface area contributed by atoms with Crippen LogP contribution in [-0.4, -0.2) is 26.8 Å². The van der Waals surface area contributed by atoms with Gasteiger partial charge >= 0.3 is 0 Å². The molecule has 18 heavy (non-hydrogen) atoms. The number of halogens is 1. The van der Waals surface area contributed by atoms with Crippen LogP contribution >= 0.6 is 15.9 Å². The Kier molecular flexibility index (Phi) is 6.28. The van der Waals surface area contributed by atoms with E-state index >= 15 is 0 Å². The first kappa shape index (κ1) is 15.6. The minimum absolute atomic E-state index is 0.0989. The second-order valence-corrected chi connectivity index (χ2v) is 7.22. The summed E-state index contributed by atoms with van der Waals surface area (Å²) in [5, 5.41) is 3.08. The summed E-state index contributed by atoms with van der Waals surface area (Å²) in [6.45, 7) is 4.77. The van der Waals surface area contributed by atoms with Gasteiger partial charge in [-0.2, -0.15) is 0 Å². The highest BCUT2D eigenvalue weighted by Crippen LogP contribution is 2.10. The van der Waals surface area contributed by atoms with Crippen molar-refractivity contribution in [2.75, 3.05) is 12.3 Å². The third kappa shape index (κ3) is 6.49. The molecule has 0 heterocycles. The van der Waals surface area contributed by atoms with E-state index in [2.05, 4.69) is 26.0 Å². The van der Waals surface area contributed by atoms with E-state index in [9.17, 15) is 8.42 Å². The standard InChI is InChI=1S/C12H19BrN2O2S/c1-10(2)14-7-8-18(16,17)15-9-11-3-5-12(13)6-4-11/h3-6,10,14-15H,7-9H2,1-2H3. The molecule has 0 aliphatic heterocycles. The van der Waals surface area contributed by atoms with Gasteiger partial charge in [0, 0.05) is 23.6 Å². The molecule has 0 saturated heterocycles.